The third kappa shape index (κ3) is 4.24. The molecule has 1 heterocycles. The average Bonchev–Trinajstić information content (AvgIpc) is 2.27. The summed E-state index contributed by atoms with van der Waals surface area (Å²) in [4.78, 5) is 26.8. The largest absolute Gasteiger partial charge is 0.466 e. The average molecular weight is 265 g/mol. The van der Waals surface area contributed by atoms with Gasteiger partial charge < -0.3 is 15.8 Å². The highest BCUT2D eigenvalue weighted by atomic mass is 16.5. The van der Waals surface area contributed by atoms with Gasteiger partial charge in [-0.1, -0.05) is 0 Å². The standard InChI is InChI=1S/C13H19N3O3/c1-4-19-10(17)5-6-15-13-11(12(14)18)8(2)7-9(3)16-13/h7H,4-6H2,1-3H3,(H2,14,18)(H,15,16). The number of pyridine rings is 1. The zero-order valence-corrected chi connectivity index (χ0v) is 11.4. The number of carbonyl (C=O) groups is 2. The molecule has 0 radical (unpaired) electrons. The molecular formula is C13H19N3O3. The van der Waals surface area contributed by atoms with Gasteiger partial charge >= 0.3 is 5.97 Å². The van der Waals surface area contributed by atoms with Crippen molar-refractivity contribution in [3.63, 3.8) is 0 Å². The minimum Gasteiger partial charge on any atom is -0.466 e. The molecule has 0 fully saturated rings. The van der Waals surface area contributed by atoms with Gasteiger partial charge in [-0.3, -0.25) is 9.59 Å². The van der Waals surface area contributed by atoms with Crippen LogP contribution in [0, 0.1) is 13.8 Å². The van der Waals surface area contributed by atoms with E-state index in [9.17, 15) is 9.59 Å². The first kappa shape index (κ1) is 14.9. The van der Waals surface area contributed by atoms with E-state index >= 15 is 0 Å². The Hall–Kier alpha value is -2.11. The number of esters is 1. The second-order valence-corrected chi connectivity index (χ2v) is 4.15. The van der Waals surface area contributed by atoms with Crippen molar-refractivity contribution in [2.45, 2.75) is 27.2 Å². The van der Waals surface area contributed by atoms with Gasteiger partial charge in [0.15, 0.2) is 0 Å². The maximum absolute atomic E-state index is 11.4. The molecule has 6 heteroatoms. The van der Waals surface area contributed by atoms with E-state index in [-0.39, 0.29) is 12.4 Å². The molecule has 0 aromatic carbocycles. The van der Waals surface area contributed by atoms with Crippen LogP contribution in [0.15, 0.2) is 6.07 Å². The lowest BCUT2D eigenvalue weighted by Gasteiger charge is -2.12. The smallest absolute Gasteiger partial charge is 0.307 e. The van der Waals surface area contributed by atoms with Crippen LogP contribution in [0.25, 0.3) is 0 Å². The highest BCUT2D eigenvalue weighted by molar-refractivity contribution is 5.99. The number of rotatable bonds is 6. The fraction of sp³-hybridized carbons (Fsp3) is 0.462. The van der Waals surface area contributed by atoms with Crippen LogP contribution in [-0.4, -0.2) is 30.0 Å². The number of carbonyl (C=O) groups excluding carboxylic acids is 2. The first-order valence-electron chi connectivity index (χ1n) is 6.13. The number of amides is 1. The van der Waals surface area contributed by atoms with Gasteiger partial charge in [-0.25, -0.2) is 4.98 Å². The van der Waals surface area contributed by atoms with Crippen molar-refractivity contribution in [2.75, 3.05) is 18.5 Å². The van der Waals surface area contributed by atoms with E-state index in [1.807, 2.05) is 6.92 Å². The SMILES string of the molecule is CCOC(=O)CCNc1nc(C)cc(C)c1C(N)=O. The third-order valence-corrected chi connectivity index (χ3v) is 2.52. The first-order valence-corrected chi connectivity index (χ1v) is 6.13. The van der Waals surface area contributed by atoms with Crippen molar-refractivity contribution in [2.24, 2.45) is 5.73 Å². The molecule has 0 unspecified atom stereocenters. The molecule has 1 aromatic heterocycles. The van der Waals surface area contributed by atoms with Gasteiger partial charge in [-0.05, 0) is 32.4 Å². The van der Waals surface area contributed by atoms with Crippen LogP contribution in [-0.2, 0) is 9.53 Å². The Bertz CT molecular complexity index is 486. The van der Waals surface area contributed by atoms with Gasteiger partial charge in [-0.2, -0.15) is 0 Å². The monoisotopic (exact) mass is 265 g/mol. The fourth-order valence-electron chi connectivity index (χ4n) is 1.79. The lowest BCUT2D eigenvalue weighted by Crippen LogP contribution is -2.19. The molecule has 19 heavy (non-hydrogen) atoms. The van der Waals surface area contributed by atoms with E-state index in [2.05, 4.69) is 10.3 Å². The molecule has 0 atom stereocenters. The molecule has 0 aliphatic carbocycles. The highest BCUT2D eigenvalue weighted by Crippen LogP contribution is 2.18. The number of aryl methyl sites for hydroxylation is 2. The van der Waals surface area contributed by atoms with E-state index in [1.165, 1.54) is 0 Å². The number of nitrogens with one attached hydrogen (secondary N) is 1. The Kier molecular flexibility index (Phi) is 5.29. The summed E-state index contributed by atoms with van der Waals surface area (Å²) in [5, 5.41) is 2.95. The van der Waals surface area contributed by atoms with Crippen molar-refractivity contribution in [1.29, 1.82) is 0 Å². The summed E-state index contributed by atoms with van der Waals surface area (Å²) in [7, 11) is 0. The predicted molar refractivity (Wildman–Crippen MR) is 72.0 cm³/mol. The van der Waals surface area contributed by atoms with Gasteiger partial charge in [0.05, 0.1) is 18.6 Å². The van der Waals surface area contributed by atoms with Crippen LogP contribution in [0.3, 0.4) is 0 Å². The summed E-state index contributed by atoms with van der Waals surface area (Å²) in [5.74, 6) is -0.419. The highest BCUT2D eigenvalue weighted by Gasteiger charge is 2.14. The summed E-state index contributed by atoms with van der Waals surface area (Å²) in [6, 6.07) is 1.79. The number of hydrogen-bond acceptors (Lipinski definition) is 5. The molecule has 1 aromatic rings. The normalized spacial score (nSPS) is 10.1. The second-order valence-electron chi connectivity index (χ2n) is 4.15. The summed E-state index contributed by atoms with van der Waals surface area (Å²) < 4.78 is 4.81. The van der Waals surface area contributed by atoms with Gasteiger partial charge in [0.2, 0.25) is 0 Å². The number of primary amides is 1. The minimum atomic E-state index is -0.538. The maximum atomic E-state index is 11.4. The molecule has 0 saturated heterocycles. The van der Waals surface area contributed by atoms with Crippen molar-refractivity contribution < 1.29 is 14.3 Å². The van der Waals surface area contributed by atoms with Crippen molar-refractivity contribution >= 4 is 17.7 Å². The number of nitrogens with zero attached hydrogens (tertiary/aromatic N) is 1. The fourth-order valence-corrected chi connectivity index (χ4v) is 1.79. The Balaban J connectivity index is 2.77. The van der Waals surface area contributed by atoms with E-state index in [0.29, 0.717) is 24.5 Å². The van der Waals surface area contributed by atoms with Crippen LogP contribution in [0.5, 0.6) is 0 Å². The molecule has 104 valence electrons. The topological polar surface area (TPSA) is 94.3 Å². The molecule has 0 aliphatic rings. The van der Waals surface area contributed by atoms with Crippen molar-refractivity contribution in [3.05, 3.63) is 22.9 Å². The molecule has 3 N–H and O–H groups in total. The molecule has 0 saturated carbocycles. The van der Waals surface area contributed by atoms with Crippen LogP contribution in [0.1, 0.15) is 35.0 Å². The lowest BCUT2D eigenvalue weighted by atomic mass is 10.1. The van der Waals surface area contributed by atoms with Crippen LogP contribution < -0.4 is 11.1 Å². The Morgan fingerprint density at radius 3 is 2.68 bits per heavy atom. The summed E-state index contributed by atoms with van der Waals surface area (Å²) in [6.45, 7) is 6.07. The number of anilines is 1. The van der Waals surface area contributed by atoms with Gasteiger partial charge in [0.1, 0.15) is 5.82 Å². The summed E-state index contributed by atoms with van der Waals surface area (Å²) >= 11 is 0. The predicted octanol–water partition coefficient (Wildman–Crippen LogP) is 1.16. The molecule has 0 bridgehead atoms. The number of hydrogen-bond donors (Lipinski definition) is 2. The molecule has 0 spiro atoms. The van der Waals surface area contributed by atoms with Crippen LogP contribution >= 0.6 is 0 Å². The molecular weight excluding hydrogens is 246 g/mol. The zero-order valence-electron chi connectivity index (χ0n) is 11.4. The van der Waals surface area contributed by atoms with E-state index in [1.54, 1.807) is 19.9 Å². The van der Waals surface area contributed by atoms with Gasteiger partial charge in [0, 0.05) is 12.2 Å². The van der Waals surface area contributed by atoms with Crippen LogP contribution in [0.4, 0.5) is 5.82 Å². The maximum Gasteiger partial charge on any atom is 0.307 e. The Morgan fingerprint density at radius 2 is 2.11 bits per heavy atom. The Labute approximate surface area is 112 Å². The third-order valence-electron chi connectivity index (χ3n) is 2.52. The lowest BCUT2D eigenvalue weighted by molar-refractivity contribution is -0.142. The van der Waals surface area contributed by atoms with E-state index < -0.39 is 5.91 Å². The Morgan fingerprint density at radius 1 is 1.42 bits per heavy atom. The van der Waals surface area contributed by atoms with Crippen LogP contribution in [0.2, 0.25) is 0 Å². The number of nitrogens with two attached hydrogens (primary N) is 1. The van der Waals surface area contributed by atoms with Gasteiger partial charge in [-0.15, -0.1) is 0 Å². The van der Waals surface area contributed by atoms with Crippen molar-refractivity contribution in [3.8, 4) is 0 Å². The summed E-state index contributed by atoms with van der Waals surface area (Å²) in [5.41, 5.74) is 7.23. The molecule has 1 rings (SSSR count). The minimum absolute atomic E-state index is 0.209. The van der Waals surface area contributed by atoms with E-state index in [0.717, 1.165) is 11.3 Å². The molecule has 6 nitrogen and oxygen atoms in total. The second kappa shape index (κ2) is 6.72. The molecule has 0 aliphatic heterocycles. The van der Waals surface area contributed by atoms with E-state index in [4.69, 9.17) is 10.5 Å². The van der Waals surface area contributed by atoms with Crippen molar-refractivity contribution in [1.82, 2.24) is 4.98 Å². The zero-order chi connectivity index (χ0) is 14.4. The quantitative estimate of drug-likeness (QED) is 0.753. The number of aromatic nitrogens is 1. The first-order chi connectivity index (χ1) is 8.95. The molecule has 1 amide bonds. The summed E-state index contributed by atoms with van der Waals surface area (Å²) in [6.07, 6.45) is 0.209. The number of ether oxygens (including phenoxy) is 1. The van der Waals surface area contributed by atoms with Gasteiger partial charge in [0.25, 0.3) is 5.91 Å².